The Labute approximate surface area is 77.4 Å². The highest BCUT2D eigenvalue weighted by atomic mass is 16.4. The van der Waals surface area contributed by atoms with Crippen molar-refractivity contribution in [3.05, 3.63) is 41.9 Å². The van der Waals surface area contributed by atoms with Gasteiger partial charge < -0.3 is 10.4 Å². The standard InChI is InChI=1S/C10H12NO2/c1-2-9(11-10(12)13)8-6-4-3-5-7-8/h3-7,11H,2H2,1H3,(H,12,13). The first-order valence-electron chi connectivity index (χ1n) is 4.15. The number of benzene rings is 1. The van der Waals surface area contributed by atoms with Crippen LogP contribution in [0.3, 0.4) is 0 Å². The Morgan fingerprint density at radius 1 is 1.38 bits per heavy atom. The molecule has 1 amide bonds. The van der Waals surface area contributed by atoms with Gasteiger partial charge in [0.25, 0.3) is 0 Å². The Hall–Kier alpha value is -1.51. The van der Waals surface area contributed by atoms with E-state index in [4.69, 9.17) is 5.11 Å². The van der Waals surface area contributed by atoms with Gasteiger partial charge in [-0.3, -0.25) is 0 Å². The lowest BCUT2D eigenvalue weighted by Crippen LogP contribution is -2.26. The molecule has 1 radical (unpaired) electrons. The molecular formula is C10H12NO2. The highest BCUT2D eigenvalue weighted by molar-refractivity contribution is 5.67. The van der Waals surface area contributed by atoms with E-state index in [1.807, 2.05) is 37.3 Å². The van der Waals surface area contributed by atoms with Gasteiger partial charge in [0.1, 0.15) is 0 Å². The molecule has 0 unspecified atom stereocenters. The van der Waals surface area contributed by atoms with Gasteiger partial charge in [-0.05, 0) is 12.0 Å². The Kier molecular flexibility index (Phi) is 3.31. The van der Waals surface area contributed by atoms with Crippen LogP contribution < -0.4 is 5.32 Å². The summed E-state index contributed by atoms with van der Waals surface area (Å²) in [5.74, 6) is 0. The van der Waals surface area contributed by atoms with Crippen molar-refractivity contribution in [2.75, 3.05) is 0 Å². The summed E-state index contributed by atoms with van der Waals surface area (Å²) in [6.45, 7) is 1.91. The predicted octanol–water partition coefficient (Wildman–Crippen LogP) is 2.24. The van der Waals surface area contributed by atoms with Gasteiger partial charge in [-0.2, -0.15) is 0 Å². The zero-order valence-electron chi connectivity index (χ0n) is 7.45. The maximum absolute atomic E-state index is 10.4. The third-order valence-electron chi connectivity index (χ3n) is 1.73. The fraction of sp³-hybridized carbons (Fsp3) is 0.200. The minimum Gasteiger partial charge on any atom is -0.465 e. The number of amides is 1. The average Bonchev–Trinajstić information content (AvgIpc) is 2.15. The van der Waals surface area contributed by atoms with E-state index >= 15 is 0 Å². The van der Waals surface area contributed by atoms with E-state index < -0.39 is 6.09 Å². The molecule has 0 saturated heterocycles. The van der Waals surface area contributed by atoms with Crippen molar-refractivity contribution in [1.29, 1.82) is 0 Å². The molecule has 0 aliphatic rings. The zero-order chi connectivity index (χ0) is 9.68. The van der Waals surface area contributed by atoms with E-state index in [0.29, 0.717) is 6.42 Å². The molecule has 3 nitrogen and oxygen atoms in total. The molecule has 13 heavy (non-hydrogen) atoms. The second kappa shape index (κ2) is 4.50. The molecule has 0 aliphatic carbocycles. The summed E-state index contributed by atoms with van der Waals surface area (Å²) in [4.78, 5) is 10.4. The van der Waals surface area contributed by atoms with Gasteiger partial charge in [0.05, 0.1) is 6.04 Å². The van der Waals surface area contributed by atoms with Crippen LogP contribution in [-0.4, -0.2) is 11.2 Å². The van der Waals surface area contributed by atoms with Crippen molar-refractivity contribution in [2.45, 2.75) is 13.3 Å². The van der Waals surface area contributed by atoms with Gasteiger partial charge in [0.2, 0.25) is 0 Å². The maximum atomic E-state index is 10.4. The monoisotopic (exact) mass is 178 g/mol. The summed E-state index contributed by atoms with van der Waals surface area (Å²) >= 11 is 0. The van der Waals surface area contributed by atoms with Gasteiger partial charge in [-0.15, -0.1) is 0 Å². The molecule has 0 saturated carbocycles. The van der Waals surface area contributed by atoms with Gasteiger partial charge in [0, 0.05) is 0 Å². The fourth-order valence-corrected chi connectivity index (χ4v) is 1.13. The van der Waals surface area contributed by atoms with Gasteiger partial charge in [-0.25, -0.2) is 4.79 Å². The fourth-order valence-electron chi connectivity index (χ4n) is 1.13. The lowest BCUT2D eigenvalue weighted by Gasteiger charge is -2.13. The van der Waals surface area contributed by atoms with Crippen LogP contribution in [0.4, 0.5) is 4.79 Å². The van der Waals surface area contributed by atoms with Gasteiger partial charge in [-0.1, -0.05) is 37.3 Å². The predicted molar refractivity (Wildman–Crippen MR) is 50.2 cm³/mol. The van der Waals surface area contributed by atoms with Crippen molar-refractivity contribution < 1.29 is 9.90 Å². The summed E-state index contributed by atoms with van der Waals surface area (Å²) in [6.07, 6.45) is -0.336. The molecular weight excluding hydrogens is 166 g/mol. The van der Waals surface area contributed by atoms with Crippen LogP contribution in [0.2, 0.25) is 0 Å². The van der Waals surface area contributed by atoms with E-state index in [2.05, 4.69) is 5.32 Å². The molecule has 1 aromatic carbocycles. The Morgan fingerprint density at radius 2 is 2.00 bits per heavy atom. The van der Waals surface area contributed by atoms with Crippen LogP contribution in [0.25, 0.3) is 0 Å². The first-order valence-corrected chi connectivity index (χ1v) is 4.15. The minimum atomic E-state index is -1.01. The largest absolute Gasteiger partial charge is 0.465 e. The normalized spacial score (nSPS) is 10.0. The topological polar surface area (TPSA) is 49.3 Å². The number of nitrogens with one attached hydrogen (secondary N) is 1. The molecule has 0 aliphatic heterocycles. The van der Waals surface area contributed by atoms with Crippen LogP contribution >= 0.6 is 0 Å². The van der Waals surface area contributed by atoms with Crippen LogP contribution in [0.15, 0.2) is 30.3 Å². The van der Waals surface area contributed by atoms with Crippen LogP contribution in [0, 0.1) is 6.04 Å². The quantitative estimate of drug-likeness (QED) is 0.745. The van der Waals surface area contributed by atoms with E-state index in [9.17, 15) is 4.79 Å². The molecule has 0 bridgehead atoms. The molecule has 0 aromatic heterocycles. The average molecular weight is 178 g/mol. The summed E-state index contributed by atoms with van der Waals surface area (Å²) in [5, 5.41) is 10.9. The second-order valence-electron chi connectivity index (χ2n) is 2.63. The Morgan fingerprint density at radius 3 is 2.46 bits per heavy atom. The molecule has 2 N–H and O–H groups in total. The van der Waals surface area contributed by atoms with E-state index in [1.54, 1.807) is 0 Å². The van der Waals surface area contributed by atoms with E-state index in [-0.39, 0.29) is 0 Å². The molecule has 0 spiro atoms. The second-order valence-corrected chi connectivity index (χ2v) is 2.63. The Balaban J connectivity index is 2.73. The third kappa shape index (κ3) is 2.78. The van der Waals surface area contributed by atoms with Crippen molar-refractivity contribution in [2.24, 2.45) is 0 Å². The third-order valence-corrected chi connectivity index (χ3v) is 1.73. The molecule has 1 rings (SSSR count). The number of hydrogen-bond donors (Lipinski definition) is 2. The van der Waals surface area contributed by atoms with E-state index in [1.165, 1.54) is 0 Å². The number of hydrogen-bond acceptors (Lipinski definition) is 1. The summed E-state index contributed by atoms with van der Waals surface area (Å²) in [6, 6.07) is 10.2. The number of carbonyl (C=O) groups is 1. The van der Waals surface area contributed by atoms with Crippen molar-refractivity contribution >= 4 is 6.09 Å². The molecule has 1 aromatic rings. The summed E-state index contributed by atoms with van der Waals surface area (Å²) < 4.78 is 0. The van der Waals surface area contributed by atoms with Crippen LogP contribution in [0.5, 0.6) is 0 Å². The Bertz CT molecular complexity index is 272. The summed E-state index contributed by atoms with van der Waals surface area (Å²) in [5.41, 5.74) is 0.924. The van der Waals surface area contributed by atoms with Crippen molar-refractivity contribution in [1.82, 2.24) is 5.32 Å². The highest BCUT2D eigenvalue weighted by Crippen LogP contribution is 2.14. The van der Waals surface area contributed by atoms with Gasteiger partial charge >= 0.3 is 6.09 Å². The lowest BCUT2D eigenvalue weighted by molar-refractivity contribution is 0.195. The smallest absolute Gasteiger partial charge is 0.405 e. The highest BCUT2D eigenvalue weighted by Gasteiger charge is 2.11. The first-order chi connectivity index (χ1) is 6.24. The molecule has 0 heterocycles. The van der Waals surface area contributed by atoms with Crippen molar-refractivity contribution in [3.63, 3.8) is 0 Å². The minimum absolute atomic E-state index is 0.677. The van der Waals surface area contributed by atoms with Crippen LogP contribution in [0.1, 0.15) is 18.9 Å². The van der Waals surface area contributed by atoms with Crippen molar-refractivity contribution in [3.8, 4) is 0 Å². The molecule has 0 fully saturated rings. The molecule has 3 heteroatoms. The first kappa shape index (κ1) is 9.58. The molecule has 0 atom stereocenters. The van der Waals surface area contributed by atoms with Crippen LogP contribution in [-0.2, 0) is 0 Å². The van der Waals surface area contributed by atoms with Gasteiger partial charge in [0.15, 0.2) is 0 Å². The number of carboxylic acid groups (broad SMARTS) is 1. The maximum Gasteiger partial charge on any atom is 0.405 e. The zero-order valence-corrected chi connectivity index (χ0v) is 7.45. The molecule has 69 valence electrons. The number of rotatable bonds is 3. The summed E-state index contributed by atoms with van der Waals surface area (Å²) in [7, 11) is 0. The lowest BCUT2D eigenvalue weighted by atomic mass is 10.1. The van der Waals surface area contributed by atoms with E-state index in [0.717, 1.165) is 11.6 Å². The SMILES string of the molecule is CC[C](NC(=O)O)c1ccccc1.